The van der Waals surface area contributed by atoms with Crippen LogP contribution in [0.25, 0.3) is 0 Å². The van der Waals surface area contributed by atoms with Crippen molar-refractivity contribution in [2.24, 2.45) is 22.3 Å². The van der Waals surface area contributed by atoms with Gasteiger partial charge >= 0.3 is 0 Å². The van der Waals surface area contributed by atoms with Crippen LogP contribution < -0.4 is 73.6 Å². The summed E-state index contributed by atoms with van der Waals surface area (Å²) in [5, 5.41) is 30.9. The number of para-hydroxylation sites is 4. The fourth-order valence-corrected chi connectivity index (χ4v) is 25.3. The molecule has 2 aliphatic carbocycles. The topological polar surface area (TPSA) is 310 Å². The smallest absolute Gasteiger partial charge is 0.133 e. The average Bonchev–Trinajstić information content (AvgIpc) is 1.61. The third kappa shape index (κ3) is 32.4. The van der Waals surface area contributed by atoms with E-state index in [1.54, 1.807) is 0 Å². The molecular weight excluding hydrogens is 2090 g/mol. The quantitative estimate of drug-likeness (QED) is 0.0123. The average molecular weight is 2260 g/mol. The van der Waals surface area contributed by atoms with Gasteiger partial charge in [-0.2, -0.15) is 25.7 Å². The van der Waals surface area contributed by atoms with Crippen LogP contribution in [0.1, 0.15) is 257 Å². The first-order chi connectivity index (χ1) is 67.0. The minimum atomic E-state index is -4.25. The number of nitrogens with zero attached hydrogens (tertiary/aromatic N) is 4. The summed E-state index contributed by atoms with van der Waals surface area (Å²) in [7, 11) is -8.49. The van der Waals surface area contributed by atoms with Crippen LogP contribution in [0.2, 0.25) is 0 Å². The number of carbonyl (C=O) groups is 2. The summed E-state index contributed by atoms with van der Waals surface area (Å²) in [6.45, 7) is 34.5. The van der Waals surface area contributed by atoms with Crippen LogP contribution in [0.3, 0.4) is 0 Å². The largest absolute Gasteiger partial charge is 0.748 e. The molecule has 4 aromatic rings. The molecule has 0 spiro atoms. The molecule has 22 nitrogen and oxygen atoms in total. The maximum atomic E-state index is 13.9. The molecule has 2 radical (unpaired) electrons. The molecule has 16 rings (SSSR count). The number of ketones is 2. The Kier molecular flexibility index (Phi) is 45.8. The molecule has 6 fully saturated rings. The summed E-state index contributed by atoms with van der Waals surface area (Å²) in [5.41, 5.74) is 29.1. The fourth-order valence-electron chi connectivity index (χ4n) is 23.5. The summed E-state index contributed by atoms with van der Waals surface area (Å²) < 4.78 is 68.1. The maximum Gasteiger partial charge on any atom is 0.133 e. The second-order valence-corrected chi connectivity index (χ2v) is 48.0. The first kappa shape index (κ1) is 118. The standard InChI is InChI=1S/2C57H84ClN7O4S.Lu.Y/c2*1-54(2)47-22-9-11-24-49(47)64(36-15-7-8-21-46(66)39-56-30-13-5-6-14-31-57(59,42-62-34-32-60-40-56)43-63-35-33-61-41-56)51(54)28-26-44-19-18-20-45(53(44)58)27-29-52-55(3,4)48-23-10-12-25-50(48)65(52)37-16-17-38-70(67,68)69;;/h2*9-14,22-29,52,60-63H,5-8,15-21,30-43,59H2,1-4H3,(H,67,68,69);;/q2*-2;;/p-2/b2*29-27+,44-26+,51-28+;;. The minimum absolute atomic E-state index is 0. The second kappa shape index (κ2) is 55.1. The second-order valence-electron chi connectivity index (χ2n) is 44.2. The monoisotopic (exact) mass is 2260 g/mol. The zero-order valence-electron chi connectivity index (χ0n) is 86.3. The number of halogens is 2. The van der Waals surface area contributed by atoms with Gasteiger partial charge in [-0.25, -0.2) is 42.5 Å². The number of fused-ring (bicyclic) bond motifs is 34. The van der Waals surface area contributed by atoms with Gasteiger partial charge in [0.15, 0.2) is 0 Å². The van der Waals surface area contributed by atoms with Crippen molar-refractivity contribution in [2.75, 3.05) is 162 Å². The number of nitrogens with one attached hydrogen (secondary N) is 8. The molecule has 6 saturated heterocycles. The number of nitrogens with two attached hydrogens (primary N) is 2. The van der Waals surface area contributed by atoms with E-state index in [2.05, 4.69) is 289 Å². The number of Topliss-reactive ketones (excluding diaryl/α,β-unsaturated/α-hetero) is 2. The number of allylic oxidation sites excluding steroid dienone is 14. The molecular formula is C114H166Cl2LuN14O8S2Y-6. The van der Waals surface area contributed by atoms with Crippen LogP contribution in [-0.2, 0) is 84.2 Å². The van der Waals surface area contributed by atoms with Crippen molar-refractivity contribution in [2.45, 2.75) is 280 Å². The van der Waals surface area contributed by atoms with Gasteiger partial charge in [0.05, 0.1) is 32.3 Å². The van der Waals surface area contributed by atoms with E-state index in [9.17, 15) is 35.5 Å². The summed E-state index contributed by atoms with van der Waals surface area (Å²) in [6.07, 6.45) is 50.9. The molecule has 12 aliphatic rings. The zero-order chi connectivity index (χ0) is 99.7. The van der Waals surface area contributed by atoms with E-state index >= 15 is 0 Å². The van der Waals surface area contributed by atoms with Crippen molar-refractivity contribution < 1.29 is 105 Å². The Hall–Kier alpha value is -4.32. The SMILES string of the molecule is CC1(C)/C(=C\C=C2/CCCC(/C=C/C3N(CCCCS(=O)(=O)[O-])c4ccccc4C3(C)C)=C2Cl)N(CCCCCC(=O)CC23C[CH-]CC[CH-]CC(N)(CNCCNC2)CNCCNC3)c2ccccc21.CC1(C)/C(=C\C=C2/CCCC(/C=C/C3N(CCCCS(=O)(=O)[O-])c4ccccc4C3(C)C)=C2Cl)N(CCCCCC(=O)CC23C[CH-]CC[CH-]CC(N)(CNCCNC2)CNCCNC3)c2ccccc21.[Lu].[Y]. The Bertz CT molecular complexity index is 4900. The third-order valence-corrected chi connectivity index (χ3v) is 34.0. The van der Waals surface area contributed by atoms with Crippen molar-refractivity contribution in [3.63, 3.8) is 0 Å². The van der Waals surface area contributed by atoms with E-state index in [-0.39, 0.29) is 137 Å². The van der Waals surface area contributed by atoms with Gasteiger partial charge < -0.3 is 108 Å². The summed E-state index contributed by atoms with van der Waals surface area (Å²) in [6, 6.07) is 34.6. The van der Waals surface area contributed by atoms with Crippen molar-refractivity contribution in [3.8, 4) is 0 Å². The van der Waals surface area contributed by atoms with Gasteiger partial charge in [0.1, 0.15) is 11.6 Å². The molecule has 10 aliphatic heterocycles. The van der Waals surface area contributed by atoms with Crippen LogP contribution in [0.15, 0.2) is 189 Å². The van der Waals surface area contributed by atoms with E-state index in [4.69, 9.17) is 34.7 Å². The predicted octanol–water partition coefficient (Wildman–Crippen LogP) is 17.8. The Morgan fingerprint density at radius 1 is 0.408 bits per heavy atom. The number of anilines is 4. The Labute approximate surface area is 918 Å². The number of unbranched alkanes of at least 4 members (excludes halogenated alkanes) is 6. The van der Waals surface area contributed by atoms with Crippen LogP contribution in [-0.4, -0.2) is 203 Å². The van der Waals surface area contributed by atoms with Crippen molar-refractivity contribution in [1.29, 1.82) is 0 Å². The molecule has 28 heteroatoms. The van der Waals surface area contributed by atoms with Gasteiger partial charge in [0.2, 0.25) is 0 Å². The van der Waals surface area contributed by atoms with E-state index in [1.807, 2.05) is 0 Å². The molecule has 2 atom stereocenters. The molecule has 12 N–H and O–H groups in total. The molecule has 10 heterocycles. The number of hydrogen-bond donors (Lipinski definition) is 10. The Morgan fingerprint density at radius 3 is 1.06 bits per heavy atom. The molecule has 0 amide bonds. The van der Waals surface area contributed by atoms with Gasteiger partial charge in [-0.3, -0.25) is 9.59 Å². The molecule has 4 bridgehead atoms. The predicted molar refractivity (Wildman–Crippen MR) is 578 cm³/mol. The van der Waals surface area contributed by atoms with E-state index in [1.165, 1.54) is 45.0 Å². The third-order valence-electron chi connectivity index (χ3n) is 31.5. The zero-order valence-corrected chi connectivity index (χ0v) is 93.9. The van der Waals surface area contributed by atoms with Gasteiger partial charge in [-0.15, -0.1) is 0 Å². The molecule has 142 heavy (non-hydrogen) atoms. The number of benzene rings is 4. The Morgan fingerprint density at radius 2 is 0.718 bits per heavy atom. The maximum absolute atomic E-state index is 13.9. The first-order valence-corrected chi connectivity index (χ1v) is 56.8. The van der Waals surface area contributed by atoms with Crippen LogP contribution in [0.4, 0.5) is 22.7 Å². The van der Waals surface area contributed by atoms with E-state index in [0.29, 0.717) is 76.0 Å². The van der Waals surface area contributed by atoms with Crippen molar-refractivity contribution in [1.82, 2.24) is 42.5 Å². The molecule has 790 valence electrons. The molecule has 2 unspecified atom stereocenters. The number of rotatable bonds is 32. The van der Waals surface area contributed by atoms with Crippen LogP contribution in [0, 0.1) is 73.4 Å². The molecule has 4 aromatic carbocycles. The molecule has 0 saturated carbocycles. The number of carbonyl (C=O) groups excluding carboxylic acids is 2. The van der Waals surface area contributed by atoms with Gasteiger partial charge in [-0.1, -0.05) is 201 Å². The summed E-state index contributed by atoms with van der Waals surface area (Å²) in [4.78, 5) is 37.6. The minimum Gasteiger partial charge on any atom is -0.748 e. The van der Waals surface area contributed by atoms with Crippen molar-refractivity contribution >= 4 is 77.8 Å². The fraction of sp³-hybridized carbons (Fsp3) is 0.596. The van der Waals surface area contributed by atoms with Gasteiger partial charge in [0, 0.05) is 315 Å². The molecule has 0 aromatic heterocycles. The first-order valence-electron chi connectivity index (χ1n) is 52.9. The van der Waals surface area contributed by atoms with Crippen LogP contribution >= 0.6 is 23.2 Å². The van der Waals surface area contributed by atoms with E-state index in [0.717, 1.165) is 290 Å². The van der Waals surface area contributed by atoms with Crippen molar-refractivity contribution in [3.05, 3.63) is 237 Å². The van der Waals surface area contributed by atoms with Gasteiger partial charge in [-0.05, 0) is 182 Å². The van der Waals surface area contributed by atoms with Crippen LogP contribution in [0.5, 0.6) is 0 Å². The summed E-state index contributed by atoms with van der Waals surface area (Å²) >= 11 is 14.7. The normalized spacial score (nSPS) is 26.6. The van der Waals surface area contributed by atoms with E-state index < -0.39 is 20.2 Å². The Balaban J connectivity index is 0.000000267. The van der Waals surface area contributed by atoms with Gasteiger partial charge in [0.25, 0.3) is 0 Å². The number of hydrogen-bond acceptors (Lipinski definition) is 22. The summed E-state index contributed by atoms with van der Waals surface area (Å²) in [5.74, 6) is 0.0488.